The van der Waals surface area contributed by atoms with Crippen molar-refractivity contribution in [1.29, 1.82) is 0 Å². The largest absolute Gasteiger partial charge is 0.459 e. The Morgan fingerprint density at radius 1 is 1.04 bits per heavy atom. The molecule has 0 bridgehead atoms. The van der Waals surface area contributed by atoms with Crippen LogP contribution in [0.2, 0.25) is 0 Å². The molecule has 1 heterocycles. The lowest BCUT2D eigenvalue weighted by Gasteiger charge is -2.18. The van der Waals surface area contributed by atoms with Crippen LogP contribution in [-0.4, -0.2) is 17.7 Å². The maximum atomic E-state index is 12.0. The van der Waals surface area contributed by atoms with Crippen LogP contribution in [0.4, 0.5) is 0 Å². The van der Waals surface area contributed by atoms with Crippen molar-refractivity contribution in [2.24, 2.45) is 0 Å². The summed E-state index contributed by atoms with van der Waals surface area (Å²) in [6.07, 6.45) is 1.35. The molecule has 0 aliphatic carbocycles. The maximum Gasteiger partial charge on any atom is 0.305 e. The standard InChI is InChI=1S/C16H17N3O4/c1-11(20)17-13(12-6-3-2-4-7-12)10-15(21)18-19-16(22)14-8-5-9-23-14/h2-9,13H,10H2,1H3,(H,17,20)(H,18,21)(H,19,22)/t13-/m0/s1. The van der Waals surface area contributed by atoms with Gasteiger partial charge in [0.1, 0.15) is 0 Å². The molecular formula is C16H17N3O4. The van der Waals surface area contributed by atoms with E-state index < -0.39 is 17.9 Å². The highest BCUT2D eigenvalue weighted by Gasteiger charge is 2.17. The smallest absolute Gasteiger partial charge is 0.305 e. The van der Waals surface area contributed by atoms with E-state index in [1.165, 1.54) is 19.3 Å². The lowest BCUT2D eigenvalue weighted by molar-refractivity contribution is -0.123. The maximum absolute atomic E-state index is 12.0. The van der Waals surface area contributed by atoms with E-state index in [9.17, 15) is 14.4 Å². The molecule has 7 heteroatoms. The SMILES string of the molecule is CC(=O)N[C@@H](CC(=O)NNC(=O)c1ccco1)c1ccccc1. The van der Waals surface area contributed by atoms with Crippen molar-refractivity contribution in [2.45, 2.75) is 19.4 Å². The van der Waals surface area contributed by atoms with Gasteiger partial charge in [0.25, 0.3) is 0 Å². The van der Waals surface area contributed by atoms with E-state index >= 15 is 0 Å². The number of hydrogen-bond acceptors (Lipinski definition) is 4. The number of benzene rings is 1. The fraction of sp³-hybridized carbons (Fsp3) is 0.188. The zero-order valence-corrected chi connectivity index (χ0v) is 12.5. The fourth-order valence-electron chi connectivity index (χ4n) is 2.02. The van der Waals surface area contributed by atoms with Gasteiger partial charge in [0.2, 0.25) is 11.8 Å². The number of hydrogen-bond donors (Lipinski definition) is 3. The van der Waals surface area contributed by atoms with Crippen LogP contribution in [-0.2, 0) is 9.59 Å². The molecule has 0 aliphatic heterocycles. The molecule has 0 unspecified atom stereocenters. The lowest BCUT2D eigenvalue weighted by atomic mass is 10.0. The first-order valence-corrected chi connectivity index (χ1v) is 7.01. The van der Waals surface area contributed by atoms with Gasteiger partial charge < -0.3 is 9.73 Å². The Labute approximate surface area is 133 Å². The van der Waals surface area contributed by atoms with Gasteiger partial charge in [-0.25, -0.2) is 0 Å². The Morgan fingerprint density at radius 2 is 1.78 bits per heavy atom. The van der Waals surface area contributed by atoms with Crippen LogP contribution < -0.4 is 16.2 Å². The third-order valence-corrected chi connectivity index (χ3v) is 3.03. The first-order chi connectivity index (χ1) is 11.1. The zero-order chi connectivity index (χ0) is 16.7. The summed E-state index contributed by atoms with van der Waals surface area (Å²) >= 11 is 0. The van der Waals surface area contributed by atoms with Gasteiger partial charge in [-0.05, 0) is 17.7 Å². The van der Waals surface area contributed by atoms with Gasteiger partial charge in [-0.1, -0.05) is 30.3 Å². The van der Waals surface area contributed by atoms with Crippen LogP contribution >= 0.6 is 0 Å². The normalized spacial score (nSPS) is 11.3. The van der Waals surface area contributed by atoms with E-state index in [1.807, 2.05) is 30.3 Å². The summed E-state index contributed by atoms with van der Waals surface area (Å²) in [5, 5.41) is 2.71. The summed E-state index contributed by atoms with van der Waals surface area (Å²) in [4.78, 5) is 34.9. The molecule has 2 aromatic rings. The predicted molar refractivity (Wildman–Crippen MR) is 81.9 cm³/mol. The van der Waals surface area contributed by atoms with Crippen LogP contribution in [0.1, 0.15) is 35.5 Å². The van der Waals surface area contributed by atoms with Crippen LogP contribution in [0.3, 0.4) is 0 Å². The molecule has 0 spiro atoms. The summed E-state index contributed by atoms with van der Waals surface area (Å²) in [6.45, 7) is 1.38. The van der Waals surface area contributed by atoms with Crippen molar-refractivity contribution >= 4 is 17.7 Å². The number of carbonyl (C=O) groups is 3. The van der Waals surface area contributed by atoms with E-state index in [0.29, 0.717) is 0 Å². The summed E-state index contributed by atoms with van der Waals surface area (Å²) in [5.74, 6) is -1.15. The molecule has 3 N–H and O–H groups in total. The quantitative estimate of drug-likeness (QED) is 0.724. The average Bonchev–Trinajstić information content (AvgIpc) is 3.07. The van der Waals surface area contributed by atoms with Crippen LogP contribution in [0, 0.1) is 0 Å². The second kappa shape index (κ2) is 7.79. The molecule has 0 saturated heterocycles. The Balaban J connectivity index is 1.92. The highest BCUT2D eigenvalue weighted by atomic mass is 16.3. The molecule has 0 aliphatic rings. The third-order valence-electron chi connectivity index (χ3n) is 3.03. The molecule has 23 heavy (non-hydrogen) atoms. The Morgan fingerprint density at radius 3 is 2.39 bits per heavy atom. The zero-order valence-electron chi connectivity index (χ0n) is 12.5. The van der Waals surface area contributed by atoms with Crippen LogP contribution in [0.15, 0.2) is 53.1 Å². The van der Waals surface area contributed by atoms with E-state index in [4.69, 9.17) is 4.42 Å². The molecule has 120 valence electrons. The minimum atomic E-state index is -0.556. The summed E-state index contributed by atoms with van der Waals surface area (Å²) in [6, 6.07) is 11.7. The van der Waals surface area contributed by atoms with Gasteiger partial charge in [-0.2, -0.15) is 0 Å². The van der Waals surface area contributed by atoms with Crippen molar-refractivity contribution in [3.8, 4) is 0 Å². The van der Waals surface area contributed by atoms with Gasteiger partial charge in [0, 0.05) is 6.92 Å². The highest BCUT2D eigenvalue weighted by molar-refractivity contribution is 5.92. The van der Waals surface area contributed by atoms with E-state index in [0.717, 1.165) is 5.56 Å². The number of furan rings is 1. The minimum absolute atomic E-state index is 0.0119. The van der Waals surface area contributed by atoms with Gasteiger partial charge in [0.05, 0.1) is 18.7 Å². The van der Waals surface area contributed by atoms with Gasteiger partial charge in [-0.3, -0.25) is 25.2 Å². The molecular weight excluding hydrogens is 298 g/mol. The molecule has 3 amide bonds. The molecule has 1 aromatic carbocycles. The fourth-order valence-corrected chi connectivity index (χ4v) is 2.02. The summed E-state index contributed by atoms with van der Waals surface area (Å²) < 4.78 is 4.91. The monoisotopic (exact) mass is 315 g/mol. The van der Waals surface area contributed by atoms with Crippen molar-refractivity contribution in [3.63, 3.8) is 0 Å². The highest BCUT2D eigenvalue weighted by Crippen LogP contribution is 2.16. The van der Waals surface area contributed by atoms with Crippen molar-refractivity contribution < 1.29 is 18.8 Å². The lowest BCUT2D eigenvalue weighted by Crippen LogP contribution is -2.43. The molecule has 1 atom stereocenters. The number of hydrazine groups is 1. The number of nitrogens with one attached hydrogen (secondary N) is 3. The molecule has 1 aromatic heterocycles. The van der Waals surface area contributed by atoms with Gasteiger partial charge in [0.15, 0.2) is 5.76 Å². The first kappa shape index (κ1) is 16.3. The molecule has 7 nitrogen and oxygen atoms in total. The second-order valence-electron chi connectivity index (χ2n) is 4.85. The van der Waals surface area contributed by atoms with E-state index in [1.54, 1.807) is 6.07 Å². The van der Waals surface area contributed by atoms with E-state index in [-0.39, 0.29) is 18.1 Å². The van der Waals surface area contributed by atoms with Crippen LogP contribution in [0.25, 0.3) is 0 Å². The molecule has 0 fully saturated rings. The molecule has 0 radical (unpaired) electrons. The van der Waals surface area contributed by atoms with Gasteiger partial charge in [-0.15, -0.1) is 0 Å². The summed E-state index contributed by atoms with van der Waals surface area (Å²) in [5.41, 5.74) is 5.35. The van der Waals surface area contributed by atoms with Crippen molar-refractivity contribution in [1.82, 2.24) is 16.2 Å². The van der Waals surface area contributed by atoms with Crippen molar-refractivity contribution in [2.75, 3.05) is 0 Å². The van der Waals surface area contributed by atoms with E-state index in [2.05, 4.69) is 16.2 Å². The van der Waals surface area contributed by atoms with Crippen molar-refractivity contribution in [3.05, 3.63) is 60.1 Å². The van der Waals surface area contributed by atoms with Gasteiger partial charge >= 0.3 is 5.91 Å². The Kier molecular flexibility index (Phi) is 5.51. The minimum Gasteiger partial charge on any atom is -0.459 e. The third kappa shape index (κ3) is 4.99. The van der Waals surface area contributed by atoms with Crippen LogP contribution in [0.5, 0.6) is 0 Å². The Bertz CT molecular complexity index is 668. The summed E-state index contributed by atoms with van der Waals surface area (Å²) in [7, 11) is 0. The number of carbonyl (C=O) groups excluding carboxylic acids is 3. The first-order valence-electron chi connectivity index (χ1n) is 7.01. The average molecular weight is 315 g/mol. The number of rotatable bonds is 5. The number of amides is 3. The second-order valence-corrected chi connectivity index (χ2v) is 4.85. The topological polar surface area (TPSA) is 100 Å². The molecule has 0 saturated carbocycles. The Hall–Kier alpha value is -3.09. The predicted octanol–water partition coefficient (Wildman–Crippen LogP) is 1.31. The molecule has 2 rings (SSSR count).